The van der Waals surface area contributed by atoms with Crippen molar-refractivity contribution < 1.29 is 14.3 Å². The molecule has 0 spiro atoms. The van der Waals surface area contributed by atoms with Gasteiger partial charge >= 0.3 is 0 Å². The van der Waals surface area contributed by atoms with Crippen molar-refractivity contribution in [3.63, 3.8) is 0 Å². The summed E-state index contributed by atoms with van der Waals surface area (Å²) in [5, 5.41) is 0.209. The summed E-state index contributed by atoms with van der Waals surface area (Å²) in [6.45, 7) is 5.94. The first-order chi connectivity index (χ1) is 8.92. The lowest BCUT2D eigenvalue weighted by molar-refractivity contribution is -0.117. The highest BCUT2D eigenvalue weighted by Gasteiger charge is 2.43. The van der Waals surface area contributed by atoms with Crippen LogP contribution in [0.25, 0.3) is 4.91 Å². The van der Waals surface area contributed by atoms with Gasteiger partial charge in [-0.1, -0.05) is 24.3 Å². The highest BCUT2D eigenvalue weighted by molar-refractivity contribution is 8.09. The van der Waals surface area contributed by atoms with Crippen molar-refractivity contribution >= 4 is 28.2 Å². The van der Waals surface area contributed by atoms with E-state index in [2.05, 4.69) is 6.92 Å². The van der Waals surface area contributed by atoms with E-state index < -0.39 is 17.2 Å². The van der Waals surface area contributed by atoms with E-state index >= 15 is 0 Å². The maximum Gasteiger partial charge on any atom is 0.269 e. The second-order valence-corrected chi connectivity index (χ2v) is 6.68. The first-order valence-corrected chi connectivity index (χ1v) is 7.08. The number of ether oxygens (including phenoxy) is 1. The molecule has 19 heavy (non-hydrogen) atoms. The molecule has 1 unspecified atom stereocenters. The van der Waals surface area contributed by atoms with Crippen molar-refractivity contribution in [3.05, 3.63) is 41.2 Å². The molecule has 0 radical (unpaired) electrons. The Hall–Kier alpha value is -1.55. The number of thioether (sulfide) groups is 1. The van der Waals surface area contributed by atoms with E-state index in [9.17, 15) is 9.59 Å². The van der Waals surface area contributed by atoms with Gasteiger partial charge in [-0.05, 0) is 20.8 Å². The molecule has 98 valence electrons. The first-order valence-electron chi connectivity index (χ1n) is 6.20. The average Bonchev–Trinajstić information content (AvgIpc) is 2.38. The molecule has 1 aliphatic heterocycles. The van der Waals surface area contributed by atoms with Gasteiger partial charge in [0.15, 0.2) is 5.76 Å². The van der Waals surface area contributed by atoms with Gasteiger partial charge < -0.3 is 4.74 Å². The van der Waals surface area contributed by atoms with Crippen LogP contribution in [0.3, 0.4) is 0 Å². The monoisotopic (exact) mass is 274 g/mol. The van der Waals surface area contributed by atoms with Crippen LogP contribution in [-0.2, 0) is 9.53 Å². The number of hydrogen-bond acceptors (Lipinski definition) is 4. The van der Waals surface area contributed by atoms with Gasteiger partial charge in [-0.3, -0.25) is 9.59 Å². The molecule has 3 rings (SSSR count). The number of fused-ring (bicyclic) bond motifs is 2. The molecule has 1 aliphatic carbocycles. The quantitative estimate of drug-likeness (QED) is 0.682. The summed E-state index contributed by atoms with van der Waals surface area (Å²) in [5.74, 6) is -0.779. The Kier molecular flexibility index (Phi) is 2.61. The molecule has 4 heteroatoms. The Balaban J connectivity index is 2.22. The predicted octanol–water partition coefficient (Wildman–Crippen LogP) is 3.05. The zero-order chi connectivity index (χ0) is 13.8. The van der Waals surface area contributed by atoms with E-state index in [1.165, 1.54) is 0 Å². The Labute approximate surface area is 116 Å². The summed E-state index contributed by atoms with van der Waals surface area (Å²) >= 11 is 1.61. The third-order valence-corrected chi connectivity index (χ3v) is 5.24. The third kappa shape index (κ3) is 1.74. The van der Waals surface area contributed by atoms with Crippen molar-refractivity contribution in [1.29, 1.82) is 0 Å². The van der Waals surface area contributed by atoms with E-state index in [1.54, 1.807) is 23.9 Å². The normalized spacial score (nSPS) is 24.7. The smallest absolute Gasteiger partial charge is 0.269 e. The van der Waals surface area contributed by atoms with Gasteiger partial charge in [0.1, 0.15) is 5.60 Å². The Morgan fingerprint density at radius 2 is 1.74 bits per heavy atom. The van der Waals surface area contributed by atoms with Crippen LogP contribution in [0.15, 0.2) is 30.0 Å². The second-order valence-electron chi connectivity index (χ2n) is 5.33. The number of allylic oxidation sites excluding steroid dienone is 1. The van der Waals surface area contributed by atoms with Gasteiger partial charge in [0.05, 0.1) is 4.91 Å². The van der Waals surface area contributed by atoms with Crippen LogP contribution in [0.5, 0.6) is 0 Å². The number of ketones is 2. The van der Waals surface area contributed by atoms with E-state index in [1.807, 2.05) is 26.0 Å². The second kappa shape index (κ2) is 3.97. The Bertz CT molecular complexity index is 628. The molecule has 1 heterocycles. The standard InChI is InChI=1S/C15H14O3S/c1-8-15(2,3)18-13-12(17)11(16)9-6-4-5-7-10(9)14(13)19-8/h4-8H,1-3H3. The van der Waals surface area contributed by atoms with Crippen molar-refractivity contribution in [2.45, 2.75) is 31.6 Å². The molecule has 0 N–H and O–H groups in total. The van der Waals surface area contributed by atoms with Gasteiger partial charge in [-0.15, -0.1) is 11.8 Å². The maximum atomic E-state index is 12.2. The number of Topliss-reactive ketones (excluding diaryl/α,β-unsaturated/α-hetero) is 2. The largest absolute Gasteiger partial charge is 0.481 e. The molecule has 3 nitrogen and oxygen atoms in total. The van der Waals surface area contributed by atoms with E-state index in [0.29, 0.717) is 5.56 Å². The van der Waals surface area contributed by atoms with E-state index in [4.69, 9.17) is 4.74 Å². The fraction of sp³-hybridized carbons (Fsp3) is 0.333. The van der Waals surface area contributed by atoms with Crippen LogP contribution < -0.4 is 0 Å². The number of carbonyl (C=O) groups is 2. The van der Waals surface area contributed by atoms with Crippen molar-refractivity contribution in [2.24, 2.45) is 0 Å². The predicted molar refractivity (Wildman–Crippen MR) is 74.9 cm³/mol. The zero-order valence-corrected chi connectivity index (χ0v) is 11.8. The van der Waals surface area contributed by atoms with Crippen molar-refractivity contribution in [3.8, 4) is 0 Å². The lowest BCUT2D eigenvalue weighted by atomic mass is 9.93. The Morgan fingerprint density at radius 3 is 2.42 bits per heavy atom. The zero-order valence-electron chi connectivity index (χ0n) is 11.0. The highest BCUT2D eigenvalue weighted by atomic mass is 32.2. The van der Waals surface area contributed by atoms with Crippen LogP contribution in [0.1, 0.15) is 36.7 Å². The third-order valence-electron chi connectivity index (χ3n) is 3.67. The number of rotatable bonds is 0. The molecule has 0 saturated heterocycles. The molecule has 2 aliphatic rings. The molecule has 0 fully saturated rings. The number of carbonyl (C=O) groups excluding carboxylic acids is 2. The van der Waals surface area contributed by atoms with Crippen LogP contribution in [0.2, 0.25) is 0 Å². The minimum atomic E-state index is -0.527. The summed E-state index contributed by atoms with van der Waals surface area (Å²) in [4.78, 5) is 25.1. The minimum absolute atomic E-state index is 0.209. The molecule has 1 aromatic carbocycles. The van der Waals surface area contributed by atoms with Crippen LogP contribution in [0, 0.1) is 0 Å². The fourth-order valence-corrected chi connectivity index (χ4v) is 3.44. The van der Waals surface area contributed by atoms with Crippen molar-refractivity contribution in [2.75, 3.05) is 0 Å². The van der Waals surface area contributed by atoms with E-state index in [-0.39, 0.29) is 11.0 Å². The molecule has 0 bridgehead atoms. The van der Waals surface area contributed by atoms with Crippen LogP contribution in [0.4, 0.5) is 0 Å². The SMILES string of the molecule is CC1SC2=C(OC1(C)C)C(=O)C(=O)c1ccccc12. The van der Waals surface area contributed by atoms with E-state index in [0.717, 1.165) is 10.5 Å². The number of benzene rings is 1. The number of hydrogen-bond donors (Lipinski definition) is 0. The van der Waals surface area contributed by atoms with Gasteiger partial charge in [0.25, 0.3) is 5.78 Å². The molecular formula is C15H14O3S. The summed E-state index contributed by atoms with van der Waals surface area (Å²) in [7, 11) is 0. The fourth-order valence-electron chi connectivity index (χ4n) is 2.20. The minimum Gasteiger partial charge on any atom is -0.481 e. The summed E-state index contributed by atoms with van der Waals surface area (Å²) < 4.78 is 5.82. The summed E-state index contributed by atoms with van der Waals surface area (Å²) in [6.07, 6.45) is 0. The van der Waals surface area contributed by atoms with Crippen LogP contribution in [-0.4, -0.2) is 22.4 Å². The van der Waals surface area contributed by atoms with Gasteiger partial charge in [0, 0.05) is 16.4 Å². The van der Waals surface area contributed by atoms with Gasteiger partial charge in [0.2, 0.25) is 5.78 Å². The lowest BCUT2D eigenvalue weighted by Crippen LogP contribution is -2.41. The Morgan fingerprint density at radius 1 is 1.11 bits per heavy atom. The summed E-state index contributed by atoms with van der Waals surface area (Å²) in [5.41, 5.74) is 0.842. The summed E-state index contributed by atoms with van der Waals surface area (Å²) in [6, 6.07) is 7.22. The molecule has 0 saturated carbocycles. The highest BCUT2D eigenvalue weighted by Crippen LogP contribution is 2.48. The molecule has 0 aromatic heterocycles. The molecule has 1 aromatic rings. The molecule has 1 atom stereocenters. The van der Waals surface area contributed by atoms with Gasteiger partial charge in [-0.2, -0.15) is 0 Å². The first kappa shape index (κ1) is 12.5. The molecule has 0 amide bonds. The van der Waals surface area contributed by atoms with Crippen LogP contribution >= 0.6 is 11.8 Å². The van der Waals surface area contributed by atoms with Gasteiger partial charge in [-0.25, -0.2) is 0 Å². The van der Waals surface area contributed by atoms with Crippen molar-refractivity contribution in [1.82, 2.24) is 0 Å². The molecular weight excluding hydrogens is 260 g/mol. The average molecular weight is 274 g/mol. The topological polar surface area (TPSA) is 43.4 Å². The lowest BCUT2D eigenvalue weighted by Gasteiger charge is -2.39. The maximum absolute atomic E-state index is 12.2.